The first-order valence-electron chi connectivity index (χ1n) is 9.15. The van der Waals surface area contributed by atoms with Gasteiger partial charge in [-0.25, -0.2) is 9.67 Å². The third-order valence-electron chi connectivity index (χ3n) is 4.34. The van der Waals surface area contributed by atoms with Crippen molar-refractivity contribution < 1.29 is 4.79 Å². The van der Waals surface area contributed by atoms with E-state index < -0.39 is 0 Å². The van der Waals surface area contributed by atoms with Gasteiger partial charge in [-0.3, -0.25) is 4.79 Å². The van der Waals surface area contributed by atoms with Gasteiger partial charge in [0.05, 0.1) is 18.8 Å². The topological polar surface area (TPSA) is 74.5 Å². The lowest BCUT2D eigenvalue weighted by molar-refractivity contribution is -0.128. The molecule has 1 aliphatic rings. The number of hydrogen-bond donors (Lipinski definition) is 2. The number of carbonyl (C=O) groups is 1. The van der Waals surface area contributed by atoms with Gasteiger partial charge >= 0.3 is 0 Å². The van der Waals surface area contributed by atoms with Crippen LogP contribution >= 0.6 is 24.0 Å². The molecule has 3 rings (SSSR count). The van der Waals surface area contributed by atoms with E-state index >= 15 is 0 Å². The fraction of sp³-hybridized carbons (Fsp3) is 0.421. The summed E-state index contributed by atoms with van der Waals surface area (Å²) >= 11 is 0. The summed E-state index contributed by atoms with van der Waals surface area (Å²) < 4.78 is 1.82. The number of nitrogens with zero attached hydrogens (tertiary/aromatic N) is 4. The molecule has 1 aliphatic heterocycles. The van der Waals surface area contributed by atoms with E-state index in [2.05, 4.69) is 20.7 Å². The van der Waals surface area contributed by atoms with Gasteiger partial charge in [0.2, 0.25) is 5.91 Å². The molecule has 146 valence electrons. The normalized spacial score (nSPS) is 14.0. The number of halogens is 1. The number of nitrogens with one attached hydrogen (secondary N) is 2. The van der Waals surface area contributed by atoms with Crippen molar-refractivity contribution in [3.63, 3.8) is 0 Å². The van der Waals surface area contributed by atoms with Crippen molar-refractivity contribution >= 4 is 35.8 Å². The van der Waals surface area contributed by atoms with E-state index in [0.29, 0.717) is 12.5 Å². The second kappa shape index (κ2) is 10.9. The number of aromatic nitrogens is 2. The number of rotatable bonds is 6. The minimum absolute atomic E-state index is 0. The fourth-order valence-corrected chi connectivity index (χ4v) is 2.93. The van der Waals surface area contributed by atoms with Crippen LogP contribution in [-0.4, -0.2) is 52.7 Å². The molecule has 2 aromatic rings. The summed E-state index contributed by atoms with van der Waals surface area (Å²) in [5.41, 5.74) is 2.12. The summed E-state index contributed by atoms with van der Waals surface area (Å²) in [6, 6.07) is 10.0. The second-order valence-electron chi connectivity index (χ2n) is 6.25. The lowest BCUT2D eigenvalue weighted by Gasteiger charge is -2.17. The molecule has 1 aromatic heterocycles. The van der Waals surface area contributed by atoms with E-state index in [9.17, 15) is 4.79 Å². The van der Waals surface area contributed by atoms with Crippen LogP contribution in [0.25, 0.3) is 5.69 Å². The number of likely N-dealkylation sites (tertiary alicyclic amines) is 1. The average molecular weight is 482 g/mol. The van der Waals surface area contributed by atoms with Gasteiger partial charge in [-0.1, -0.05) is 12.1 Å². The summed E-state index contributed by atoms with van der Waals surface area (Å²) in [4.78, 5) is 18.6. The first-order chi connectivity index (χ1) is 12.8. The molecule has 2 heterocycles. The van der Waals surface area contributed by atoms with Crippen molar-refractivity contribution in [2.45, 2.75) is 26.3 Å². The molecule has 1 aromatic carbocycles. The third-order valence-corrected chi connectivity index (χ3v) is 4.34. The van der Waals surface area contributed by atoms with Crippen LogP contribution in [-0.2, 0) is 11.3 Å². The van der Waals surface area contributed by atoms with Crippen LogP contribution in [0.5, 0.6) is 0 Å². The van der Waals surface area contributed by atoms with Crippen molar-refractivity contribution in [1.29, 1.82) is 0 Å². The molecule has 0 saturated carbocycles. The van der Waals surface area contributed by atoms with Crippen molar-refractivity contribution in [2.75, 3.05) is 26.2 Å². The maximum atomic E-state index is 12.2. The molecule has 0 spiro atoms. The predicted octanol–water partition coefficient (Wildman–Crippen LogP) is 2.17. The van der Waals surface area contributed by atoms with Gasteiger partial charge in [0.1, 0.15) is 0 Å². The lowest BCUT2D eigenvalue weighted by Crippen LogP contribution is -2.44. The summed E-state index contributed by atoms with van der Waals surface area (Å²) in [5, 5.41) is 10.5. The Kier molecular flexibility index (Phi) is 8.56. The minimum Gasteiger partial charge on any atom is -0.357 e. The number of guanidine groups is 1. The number of carbonyl (C=O) groups excluding carboxylic acids is 1. The van der Waals surface area contributed by atoms with Gasteiger partial charge in [-0.15, -0.1) is 24.0 Å². The van der Waals surface area contributed by atoms with Crippen molar-refractivity contribution in [1.82, 2.24) is 25.3 Å². The number of hydrogen-bond acceptors (Lipinski definition) is 3. The third kappa shape index (κ3) is 6.23. The first kappa shape index (κ1) is 21.2. The van der Waals surface area contributed by atoms with E-state index in [0.717, 1.165) is 43.7 Å². The van der Waals surface area contributed by atoms with Crippen LogP contribution in [0.15, 0.2) is 47.7 Å². The molecule has 2 N–H and O–H groups in total. The Hall–Kier alpha value is -2.10. The molecule has 0 bridgehead atoms. The molecule has 0 aliphatic carbocycles. The van der Waals surface area contributed by atoms with Gasteiger partial charge in [0.15, 0.2) is 5.96 Å². The van der Waals surface area contributed by atoms with Gasteiger partial charge in [0.25, 0.3) is 0 Å². The van der Waals surface area contributed by atoms with Crippen LogP contribution in [0, 0.1) is 0 Å². The molecule has 0 unspecified atom stereocenters. The summed E-state index contributed by atoms with van der Waals surface area (Å²) in [6.45, 7) is 5.34. The van der Waals surface area contributed by atoms with Crippen LogP contribution in [0.2, 0.25) is 0 Å². The molecule has 0 atom stereocenters. The molecular weight excluding hydrogens is 455 g/mol. The van der Waals surface area contributed by atoms with Crippen LogP contribution < -0.4 is 10.6 Å². The van der Waals surface area contributed by atoms with Gasteiger partial charge in [-0.2, -0.15) is 5.10 Å². The van der Waals surface area contributed by atoms with E-state index in [1.54, 1.807) is 6.20 Å². The SMILES string of the molecule is CCNC(=NCc1ccc(-n2cccn2)cc1)NCC(=O)N1CCCC1.I. The maximum absolute atomic E-state index is 12.2. The molecular formula is C19H27IN6O. The Labute approximate surface area is 177 Å². The zero-order chi connectivity index (χ0) is 18.2. The molecule has 0 radical (unpaired) electrons. The van der Waals surface area contributed by atoms with Crippen molar-refractivity contribution in [3.8, 4) is 5.69 Å². The Bertz CT molecular complexity index is 723. The molecule has 1 saturated heterocycles. The highest BCUT2D eigenvalue weighted by Gasteiger charge is 2.17. The van der Waals surface area contributed by atoms with Crippen molar-refractivity contribution in [2.24, 2.45) is 4.99 Å². The molecule has 1 fully saturated rings. The van der Waals surface area contributed by atoms with E-state index in [1.165, 1.54) is 0 Å². The van der Waals surface area contributed by atoms with Gasteiger partial charge in [0, 0.05) is 32.0 Å². The Morgan fingerprint density at radius 3 is 2.56 bits per heavy atom. The molecule has 1 amide bonds. The summed E-state index contributed by atoms with van der Waals surface area (Å²) in [5.74, 6) is 0.799. The highest BCUT2D eigenvalue weighted by molar-refractivity contribution is 14.0. The Morgan fingerprint density at radius 1 is 1.19 bits per heavy atom. The van der Waals surface area contributed by atoms with Crippen LogP contribution in [0.4, 0.5) is 0 Å². The quantitative estimate of drug-likeness (QED) is 0.376. The van der Waals surface area contributed by atoms with E-state index in [4.69, 9.17) is 0 Å². The lowest BCUT2D eigenvalue weighted by atomic mass is 10.2. The predicted molar refractivity (Wildman–Crippen MR) is 118 cm³/mol. The number of amides is 1. The zero-order valence-corrected chi connectivity index (χ0v) is 17.9. The summed E-state index contributed by atoms with van der Waals surface area (Å²) in [6.07, 6.45) is 5.89. The number of benzene rings is 1. The first-order valence-corrected chi connectivity index (χ1v) is 9.15. The van der Waals surface area contributed by atoms with Crippen LogP contribution in [0.3, 0.4) is 0 Å². The van der Waals surface area contributed by atoms with Gasteiger partial charge < -0.3 is 15.5 Å². The van der Waals surface area contributed by atoms with Crippen LogP contribution in [0.1, 0.15) is 25.3 Å². The Balaban J connectivity index is 0.00000261. The smallest absolute Gasteiger partial charge is 0.241 e. The van der Waals surface area contributed by atoms with Crippen molar-refractivity contribution in [3.05, 3.63) is 48.3 Å². The fourth-order valence-electron chi connectivity index (χ4n) is 2.93. The second-order valence-corrected chi connectivity index (χ2v) is 6.25. The zero-order valence-electron chi connectivity index (χ0n) is 15.6. The molecule has 8 heteroatoms. The molecule has 27 heavy (non-hydrogen) atoms. The number of aliphatic imine (C=N–C) groups is 1. The molecule has 7 nitrogen and oxygen atoms in total. The maximum Gasteiger partial charge on any atom is 0.241 e. The highest BCUT2D eigenvalue weighted by Crippen LogP contribution is 2.09. The summed E-state index contributed by atoms with van der Waals surface area (Å²) in [7, 11) is 0. The standard InChI is InChI=1S/C19H26N6O.HI/c1-2-20-19(22-15-18(26)24-11-3-4-12-24)21-14-16-6-8-17(9-7-16)25-13-5-10-23-25;/h5-10,13H,2-4,11-12,14-15H2,1H3,(H2,20,21,22);1H. The Morgan fingerprint density at radius 2 is 1.93 bits per heavy atom. The monoisotopic (exact) mass is 482 g/mol. The van der Waals surface area contributed by atoms with Gasteiger partial charge in [-0.05, 0) is 43.5 Å². The highest BCUT2D eigenvalue weighted by atomic mass is 127. The minimum atomic E-state index is 0. The van der Waals surface area contributed by atoms with E-state index in [-0.39, 0.29) is 36.4 Å². The largest absolute Gasteiger partial charge is 0.357 e. The average Bonchev–Trinajstić information content (AvgIpc) is 3.38. The van der Waals surface area contributed by atoms with E-state index in [1.807, 2.05) is 53.0 Å².